The lowest BCUT2D eigenvalue weighted by Crippen LogP contribution is -2.41. The normalized spacial score (nSPS) is 12.0. The van der Waals surface area contributed by atoms with E-state index in [0.717, 1.165) is 17.5 Å². The summed E-state index contributed by atoms with van der Waals surface area (Å²) < 4.78 is 0. The van der Waals surface area contributed by atoms with Gasteiger partial charge in [-0.05, 0) is 81.4 Å². The molecule has 2 N–H and O–H groups in total. The summed E-state index contributed by atoms with van der Waals surface area (Å²) in [5, 5.41) is 6.48. The van der Waals surface area contributed by atoms with Gasteiger partial charge in [0.2, 0.25) is 0 Å². The van der Waals surface area contributed by atoms with Crippen LogP contribution >= 0.6 is 23.2 Å². The van der Waals surface area contributed by atoms with Crippen LogP contribution in [0.3, 0.4) is 0 Å². The summed E-state index contributed by atoms with van der Waals surface area (Å²) in [6, 6.07) is 8.67. The van der Waals surface area contributed by atoms with E-state index in [1.165, 1.54) is 5.56 Å². The van der Waals surface area contributed by atoms with E-state index in [-0.39, 0.29) is 17.9 Å². The van der Waals surface area contributed by atoms with E-state index in [2.05, 4.69) is 15.5 Å². The van der Waals surface area contributed by atoms with Crippen molar-refractivity contribution in [1.29, 1.82) is 0 Å². The van der Waals surface area contributed by atoms with Crippen LogP contribution in [0.2, 0.25) is 10.0 Å². The van der Waals surface area contributed by atoms with E-state index in [1.807, 2.05) is 40.1 Å². The van der Waals surface area contributed by atoms with E-state index in [0.29, 0.717) is 27.7 Å². The van der Waals surface area contributed by atoms with Gasteiger partial charge >= 0.3 is 0 Å². The third kappa shape index (κ3) is 6.20. The molecule has 0 aliphatic heterocycles. The second kappa shape index (κ2) is 10.1. The molecule has 2 amide bonds. The molecule has 29 heavy (non-hydrogen) atoms. The van der Waals surface area contributed by atoms with Gasteiger partial charge in [-0.3, -0.25) is 9.59 Å². The number of benzene rings is 2. The third-order valence-corrected chi connectivity index (χ3v) is 5.41. The number of aryl methyl sites for hydroxylation is 2. The largest absolute Gasteiger partial charge is 0.355 e. The molecule has 5 nitrogen and oxygen atoms in total. The van der Waals surface area contributed by atoms with Crippen molar-refractivity contribution >= 4 is 35.0 Å². The number of nitrogens with one attached hydrogen (secondary N) is 2. The molecule has 0 unspecified atom stereocenters. The van der Waals surface area contributed by atoms with Crippen LogP contribution in [0.1, 0.15) is 37.4 Å². The molecule has 0 saturated carbocycles. The zero-order valence-electron chi connectivity index (χ0n) is 17.4. The van der Waals surface area contributed by atoms with Crippen molar-refractivity contribution in [2.45, 2.75) is 26.3 Å². The van der Waals surface area contributed by atoms with Crippen molar-refractivity contribution in [3.05, 3.63) is 68.2 Å². The van der Waals surface area contributed by atoms with Crippen molar-refractivity contribution in [3.63, 3.8) is 0 Å². The van der Waals surface area contributed by atoms with Crippen LogP contribution in [0.15, 0.2) is 30.3 Å². The Kier molecular flexibility index (Phi) is 8.08. The lowest BCUT2D eigenvalue weighted by molar-refractivity contribution is 0.0938. The van der Waals surface area contributed by atoms with Gasteiger partial charge in [-0.15, -0.1) is 0 Å². The summed E-state index contributed by atoms with van der Waals surface area (Å²) in [6.07, 6.45) is 0.745. The van der Waals surface area contributed by atoms with E-state index >= 15 is 0 Å². The predicted octanol–water partition coefficient (Wildman–Crippen LogP) is 3.87. The summed E-state index contributed by atoms with van der Waals surface area (Å²) in [7, 11) is 5.59. The number of hydrogen-bond acceptors (Lipinski definition) is 3. The molecular formula is C22H27Cl2N3O2. The quantitative estimate of drug-likeness (QED) is 0.693. The SMILES string of the molecule is CNC(=O)c1cc(C)c(C[C@@H](CNC(=O)c2cc(Cl)cc(Cl)c2)N(C)C)c(C)c1. The van der Waals surface area contributed by atoms with Crippen molar-refractivity contribution in [1.82, 2.24) is 15.5 Å². The molecule has 0 radical (unpaired) electrons. The first kappa shape index (κ1) is 23.2. The lowest BCUT2D eigenvalue weighted by Gasteiger charge is -2.26. The van der Waals surface area contributed by atoms with Crippen LogP contribution in [0.5, 0.6) is 0 Å². The average molecular weight is 436 g/mol. The molecule has 156 valence electrons. The standard InChI is InChI=1S/C22H27Cl2N3O2/c1-13-6-15(21(28)25-3)7-14(2)20(13)11-19(27(4)5)12-26-22(29)16-8-17(23)10-18(24)9-16/h6-10,19H,11-12H2,1-5H3,(H,25,28)(H,26,29)/t19-/m0/s1. The van der Waals surface area contributed by atoms with Crippen molar-refractivity contribution in [2.75, 3.05) is 27.7 Å². The minimum Gasteiger partial charge on any atom is -0.355 e. The monoisotopic (exact) mass is 435 g/mol. The Morgan fingerprint density at radius 2 is 1.45 bits per heavy atom. The number of nitrogens with zero attached hydrogens (tertiary/aromatic N) is 1. The van der Waals surface area contributed by atoms with Crippen LogP contribution in [0.25, 0.3) is 0 Å². The Labute approximate surface area is 182 Å². The minimum absolute atomic E-state index is 0.0804. The van der Waals surface area contributed by atoms with Gasteiger partial charge in [0.25, 0.3) is 11.8 Å². The molecule has 1 atom stereocenters. The van der Waals surface area contributed by atoms with E-state index in [9.17, 15) is 9.59 Å². The number of carbonyl (C=O) groups excluding carboxylic acids is 2. The van der Waals surface area contributed by atoms with Gasteiger partial charge in [0.1, 0.15) is 0 Å². The summed E-state index contributed by atoms with van der Waals surface area (Å²) in [6.45, 7) is 4.48. The maximum absolute atomic E-state index is 12.5. The zero-order chi connectivity index (χ0) is 21.7. The second-order valence-electron chi connectivity index (χ2n) is 7.36. The highest BCUT2D eigenvalue weighted by Crippen LogP contribution is 2.21. The predicted molar refractivity (Wildman–Crippen MR) is 119 cm³/mol. The third-order valence-electron chi connectivity index (χ3n) is 4.98. The van der Waals surface area contributed by atoms with Gasteiger partial charge < -0.3 is 15.5 Å². The molecule has 0 fully saturated rings. The fourth-order valence-electron chi connectivity index (χ4n) is 3.26. The molecule has 0 aliphatic rings. The maximum Gasteiger partial charge on any atom is 0.251 e. The molecule has 0 heterocycles. The Hall–Kier alpha value is -2.08. The Morgan fingerprint density at radius 1 is 0.931 bits per heavy atom. The first-order chi connectivity index (χ1) is 13.6. The Bertz CT molecular complexity index is 870. The van der Waals surface area contributed by atoms with Gasteiger partial charge in [0.05, 0.1) is 0 Å². The number of likely N-dealkylation sites (N-methyl/N-ethyl adjacent to an activating group) is 1. The van der Waals surface area contributed by atoms with Crippen molar-refractivity contribution < 1.29 is 9.59 Å². The van der Waals surface area contributed by atoms with Crippen LogP contribution in [0.4, 0.5) is 0 Å². The van der Waals surface area contributed by atoms with Crippen LogP contribution in [-0.4, -0.2) is 50.4 Å². The summed E-state index contributed by atoms with van der Waals surface area (Å²) in [5.74, 6) is -0.316. The molecule has 0 bridgehead atoms. The molecule has 2 aromatic carbocycles. The van der Waals surface area contributed by atoms with Gasteiger partial charge in [0.15, 0.2) is 0 Å². The topological polar surface area (TPSA) is 61.4 Å². The average Bonchev–Trinajstić information content (AvgIpc) is 2.64. The van der Waals surface area contributed by atoms with Gasteiger partial charge in [-0.25, -0.2) is 0 Å². The maximum atomic E-state index is 12.5. The molecule has 0 saturated heterocycles. The number of carbonyl (C=O) groups is 2. The number of amides is 2. The lowest BCUT2D eigenvalue weighted by atomic mass is 9.93. The molecule has 0 spiro atoms. The van der Waals surface area contributed by atoms with Crippen LogP contribution < -0.4 is 10.6 Å². The van der Waals surface area contributed by atoms with Gasteiger partial charge in [-0.2, -0.15) is 0 Å². The van der Waals surface area contributed by atoms with Crippen molar-refractivity contribution in [2.24, 2.45) is 0 Å². The van der Waals surface area contributed by atoms with E-state index in [4.69, 9.17) is 23.2 Å². The summed E-state index contributed by atoms with van der Waals surface area (Å²) in [5.41, 5.74) is 4.38. The first-order valence-electron chi connectivity index (χ1n) is 9.35. The second-order valence-corrected chi connectivity index (χ2v) is 8.23. The summed E-state index contributed by atoms with van der Waals surface area (Å²) in [4.78, 5) is 26.5. The number of halogens is 2. The van der Waals surface area contributed by atoms with E-state index in [1.54, 1.807) is 25.2 Å². The Morgan fingerprint density at radius 3 is 1.93 bits per heavy atom. The highest BCUT2D eigenvalue weighted by molar-refractivity contribution is 6.35. The van der Waals surface area contributed by atoms with E-state index < -0.39 is 0 Å². The highest BCUT2D eigenvalue weighted by atomic mass is 35.5. The Balaban J connectivity index is 2.14. The summed E-state index contributed by atoms with van der Waals surface area (Å²) >= 11 is 12.0. The van der Waals surface area contributed by atoms with Crippen LogP contribution in [-0.2, 0) is 6.42 Å². The minimum atomic E-state index is -0.218. The first-order valence-corrected chi connectivity index (χ1v) is 10.1. The molecular weight excluding hydrogens is 409 g/mol. The highest BCUT2D eigenvalue weighted by Gasteiger charge is 2.18. The van der Waals surface area contributed by atoms with Crippen molar-refractivity contribution in [3.8, 4) is 0 Å². The number of rotatable bonds is 7. The molecule has 7 heteroatoms. The smallest absolute Gasteiger partial charge is 0.251 e. The number of hydrogen-bond donors (Lipinski definition) is 2. The zero-order valence-corrected chi connectivity index (χ0v) is 18.9. The fourth-order valence-corrected chi connectivity index (χ4v) is 3.79. The molecule has 0 aromatic heterocycles. The molecule has 2 aromatic rings. The van der Waals surface area contributed by atoms with Gasteiger partial charge in [0, 0.05) is 40.8 Å². The van der Waals surface area contributed by atoms with Gasteiger partial charge in [-0.1, -0.05) is 23.2 Å². The van der Waals surface area contributed by atoms with Crippen LogP contribution in [0, 0.1) is 13.8 Å². The fraction of sp³-hybridized carbons (Fsp3) is 0.364. The molecule has 2 rings (SSSR count). The molecule has 0 aliphatic carbocycles.